The zero-order chi connectivity index (χ0) is 18.0. The Bertz CT molecular complexity index is 552. The first kappa shape index (κ1) is 19.4. The maximum atomic E-state index is 6.44. The highest BCUT2D eigenvalue weighted by Gasteiger charge is 2.32. The molecule has 0 aliphatic carbocycles. The van der Waals surface area contributed by atoms with Gasteiger partial charge in [0.2, 0.25) is 0 Å². The monoisotopic (exact) mass is 328 g/mol. The van der Waals surface area contributed by atoms with E-state index in [0.717, 1.165) is 25.9 Å². The van der Waals surface area contributed by atoms with Crippen molar-refractivity contribution >= 4 is 18.4 Å². The third-order valence-electron chi connectivity index (χ3n) is 6.48. The van der Waals surface area contributed by atoms with Crippen LogP contribution >= 0.6 is 0 Å². The Balaban J connectivity index is 2.13. The summed E-state index contributed by atoms with van der Waals surface area (Å²) >= 11 is 0. The van der Waals surface area contributed by atoms with Crippen LogP contribution in [0.3, 0.4) is 0 Å². The van der Waals surface area contributed by atoms with E-state index in [2.05, 4.69) is 58.6 Å². The molecule has 0 amide bonds. The van der Waals surface area contributed by atoms with Gasteiger partial charge in [-0.15, -0.1) is 0 Å². The summed E-state index contributed by atoms with van der Waals surface area (Å²) in [6.07, 6.45) is 4.96. The van der Waals surface area contributed by atoms with E-state index in [0.29, 0.717) is 10.8 Å². The van der Waals surface area contributed by atoms with Crippen LogP contribution in [0.15, 0.2) is 12.1 Å². The summed E-state index contributed by atoms with van der Waals surface area (Å²) in [4.78, 5) is 2.57. The van der Waals surface area contributed by atoms with Gasteiger partial charge in [-0.25, -0.2) is 0 Å². The van der Waals surface area contributed by atoms with Gasteiger partial charge in [0.25, 0.3) is 0 Å². The largest absolute Gasteiger partial charge is 0.399 e. The third-order valence-corrected chi connectivity index (χ3v) is 6.48. The number of nitrogens with two attached hydrogens (primary N) is 1. The van der Waals surface area contributed by atoms with Crippen LogP contribution in [0.5, 0.6) is 0 Å². The molecule has 0 saturated carbocycles. The number of anilines is 1. The van der Waals surface area contributed by atoms with Crippen LogP contribution in [0, 0.1) is 10.8 Å². The lowest BCUT2D eigenvalue weighted by Crippen LogP contribution is -2.34. The summed E-state index contributed by atoms with van der Waals surface area (Å²) in [6.45, 7) is 17.6. The molecule has 1 aliphatic heterocycles. The number of hydrogen-bond donors (Lipinski definition) is 1. The molecule has 1 fully saturated rings. The molecule has 134 valence electrons. The maximum Gasteiger partial charge on any atom is 0.161 e. The van der Waals surface area contributed by atoms with E-state index in [1.807, 2.05) is 0 Å². The highest BCUT2D eigenvalue weighted by Crippen LogP contribution is 2.40. The van der Waals surface area contributed by atoms with Crippen molar-refractivity contribution in [1.29, 1.82) is 0 Å². The van der Waals surface area contributed by atoms with Crippen molar-refractivity contribution < 1.29 is 0 Å². The van der Waals surface area contributed by atoms with Gasteiger partial charge in [-0.2, -0.15) is 0 Å². The predicted octanol–water partition coefficient (Wildman–Crippen LogP) is 3.98. The molecule has 1 aromatic carbocycles. The van der Waals surface area contributed by atoms with Gasteiger partial charge in [0.05, 0.1) is 0 Å². The van der Waals surface area contributed by atoms with Crippen LogP contribution in [0.2, 0.25) is 6.32 Å². The number of aryl methyl sites for hydroxylation is 1. The van der Waals surface area contributed by atoms with E-state index >= 15 is 0 Å². The lowest BCUT2D eigenvalue weighted by molar-refractivity contribution is 0.157. The topological polar surface area (TPSA) is 29.3 Å². The van der Waals surface area contributed by atoms with Gasteiger partial charge in [-0.05, 0) is 60.4 Å². The predicted molar refractivity (Wildman–Crippen MR) is 110 cm³/mol. The van der Waals surface area contributed by atoms with Gasteiger partial charge < -0.3 is 5.73 Å². The van der Waals surface area contributed by atoms with Crippen molar-refractivity contribution in [3.8, 4) is 0 Å². The fraction of sp³-hybridized carbons (Fsp3) is 0.714. The number of hydrogen-bond acceptors (Lipinski definition) is 2. The van der Waals surface area contributed by atoms with Crippen molar-refractivity contribution in [2.24, 2.45) is 10.8 Å². The molecule has 0 atom stereocenters. The van der Waals surface area contributed by atoms with Gasteiger partial charge >= 0.3 is 0 Å². The van der Waals surface area contributed by atoms with Crippen LogP contribution in [0.1, 0.15) is 65.5 Å². The Morgan fingerprint density at radius 3 is 2.21 bits per heavy atom. The second-order valence-corrected chi connectivity index (χ2v) is 9.29. The van der Waals surface area contributed by atoms with Crippen molar-refractivity contribution in [3.63, 3.8) is 0 Å². The summed E-state index contributed by atoms with van der Waals surface area (Å²) in [7, 11) is 1.08. The molecule has 3 heteroatoms. The minimum atomic E-state index is 0.306. The van der Waals surface area contributed by atoms with Crippen molar-refractivity contribution in [3.05, 3.63) is 23.3 Å². The SMILES string of the molecule is CCc1cc(BCC(C)(C)C(C)(C)C)c(N)cc1CN1CCCC1. The second-order valence-electron chi connectivity index (χ2n) is 9.29. The Labute approximate surface area is 150 Å². The maximum absolute atomic E-state index is 6.44. The molecule has 1 aromatic rings. The van der Waals surface area contributed by atoms with E-state index < -0.39 is 0 Å². The molecule has 0 unspecified atom stereocenters. The minimum Gasteiger partial charge on any atom is -0.399 e. The molecular formula is C21H37BN2. The van der Waals surface area contributed by atoms with E-state index in [9.17, 15) is 0 Å². The van der Waals surface area contributed by atoms with E-state index in [4.69, 9.17) is 5.73 Å². The van der Waals surface area contributed by atoms with Crippen LogP contribution in [-0.2, 0) is 13.0 Å². The standard InChI is InChI=1S/C21H37BN2/c1-7-16-12-18(22-15-21(5,6)20(2,3)4)19(23)13-17(16)14-24-10-8-9-11-24/h12-13,22H,7-11,14-15,23H2,1-6H3. The van der Waals surface area contributed by atoms with Gasteiger partial charge in [0, 0.05) is 12.2 Å². The Morgan fingerprint density at radius 2 is 1.67 bits per heavy atom. The number of rotatable bonds is 6. The van der Waals surface area contributed by atoms with Crippen LogP contribution in [0.25, 0.3) is 0 Å². The molecule has 1 heterocycles. The number of likely N-dealkylation sites (tertiary alicyclic amines) is 1. The van der Waals surface area contributed by atoms with Crippen molar-refractivity contribution in [2.45, 2.75) is 73.7 Å². The molecule has 2 nitrogen and oxygen atoms in total. The summed E-state index contributed by atoms with van der Waals surface area (Å²) in [5.74, 6) is 0. The van der Waals surface area contributed by atoms with Crippen molar-refractivity contribution in [1.82, 2.24) is 4.90 Å². The summed E-state index contributed by atoms with van der Waals surface area (Å²) in [6, 6.07) is 4.65. The molecule has 2 N–H and O–H groups in total. The average Bonchev–Trinajstić information content (AvgIpc) is 2.98. The summed E-state index contributed by atoms with van der Waals surface area (Å²) in [5, 5.41) is 0. The molecule has 1 saturated heterocycles. The second kappa shape index (κ2) is 7.51. The van der Waals surface area contributed by atoms with E-state index in [1.165, 1.54) is 48.8 Å². The van der Waals surface area contributed by atoms with Crippen LogP contribution in [-0.4, -0.2) is 25.3 Å². The van der Waals surface area contributed by atoms with Gasteiger partial charge in [-0.3, -0.25) is 4.90 Å². The Hall–Kier alpha value is -0.955. The van der Waals surface area contributed by atoms with Crippen molar-refractivity contribution in [2.75, 3.05) is 18.8 Å². The van der Waals surface area contributed by atoms with Crippen LogP contribution in [0.4, 0.5) is 5.69 Å². The number of nitrogen functional groups attached to an aromatic ring is 1. The third kappa shape index (κ3) is 4.56. The highest BCUT2D eigenvalue weighted by atomic mass is 15.1. The number of benzene rings is 1. The van der Waals surface area contributed by atoms with E-state index in [1.54, 1.807) is 0 Å². The molecule has 0 bridgehead atoms. The number of nitrogens with zero attached hydrogens (tertiary/aromatic N) is 1. The van der Waals surface area contributed by atoms with Gasteiger partial charge in [0.15, 0.2) is 7.28 Å². The molecule has 0 spiro atoms. The van der Waals surface area contributed by atoms with Gasteiger partial charge in [-0.1, -0.05) is 59.4 Å². The van der Waals surface area contributed by atoms with Crippen LogP contribution < -0.4 is 11.2 Å². The molecule has 2 rings (SSSR count). The normalized spacial score (nSPS) is 16.6. The van der Waals surface area contributed by atoms with Gasteiger partial charge in [0.1, 0.15) is 0 Å². The average molecular weight is 328 g/mol. The fourth-order valence-corrected chi connectivity index (χ4v) is 3.46. The lowest BCUT2D eigenvalue weighted by Gasteiger charge is -2.39. The first-order chi connectivity index (χ1) is 11.1. The fourth-order valence-electron chi connectivity index (χ4n) is 3.46. The summed E-state index contributed by atoms with van der Waals surface area (Å²) in [5.41, 5.74) is 12.3. The molecule has 0 aromatic heterocycles. The first-order valence-corrected chi connectivity index (χ1v) is 9.76. The van der Waals surface area contributed by atoms with E-state index in [-0.39, 0.29) is 0 Å². The lowest BCUT2D eigenvalue weighted by atomic mass is 9.53. The quantitative estimate of drug-likeness (QED) is 0.632. The minimum absolute atomic E-state index is 0.306. The Morgan fingerprint density at radius 1 is 1.04 bits per heavy atom. The molecule has 0 radical (unpaired) electrons. The summed E-state index contributed by atoms with van der Waals surface area (Å²) < 4.78 is 0. The zero-order valence-corrected chi connectivity index (χ0v) is 16.8. The zero-order valence-electron chi connectivity index (χ0n) is 16.8. The molecular weight excluding hydrogens is 291 g/mol. The highest BCUT2D eigenvalue weighted by molar-refractivity contribution is 6.55. The Kier molecular flexibility index (Phi) is 6.07. The molecule has 1 aliphatic rings. The first-order valence-electron chi connectivity index (χ1n) is 9.76. The molecule has 24 heavy (non-hydrogen) atoms. The smallest absolute Gasteiger partial charge is 0.161 e.